The number of benzene rings is 2. The second-order valence-corrected chi connectivity index (χ2v) is 7.86. The summed E-state index contributed by atoms with van der Waals surface area (Å²) >= 11 is 1.71. The minimum atomic E-state index is 0.916. The van der Waals surface area contributed by atoms with Crippen molar-refractivity contribution in [1.29, 1.82) is 0 Å². The van der Waals surface area contributed by atoms with E-state index in [1.165, 1.54) is 0 Å². The molecule has 6 nitrogen and oxygen atoms in total. The van der Waals surface area contributed by atoms with Gasteiger partial charge in [0.05, 0.1) is 28.7 Å². The van der Waals surface area contributed by atoms with Crippen LogP contribution in [-0.2, 0) is 0 Å². The molecule has 0 fully saturated rings. The van der Waals surface area contributed by atoms with Crippen molar-refractivity contribution in [2.45, 2.75) is 6.92 Å². The Hall–Kier alpha value is -3.71. The van der Waals surface area contributed by atoms with Crippen molar-refractivity contribution in [2.24, 2.45) is 0 Å². The van der Waals surface area contributed by atoms with Crippen molar-refractivity contribution >= 4 is 31.8 Å². The van der Waals surface area contributed by atoms with Crippen LogP contribution in [-0.4, -0.2) is 29.8 Å². The van der Waals surface area contributed by atoms with Crippen LogP contribution in [0.1, 0.15) is 5.69 Å². The Kier molecular flexibility index (Phi) is 3.45. The van der Waals surface area contributed by atoms with E-state index in [4.69, 9.17) is 10.2 Å². The number of aryl methyl sites for hydroxylation is 1. The fraction of sp³-hybridized carbons (Fsp3) is 0.0455. The molecule has 0 saturated heterocycles. The lowest BCUT2D eigenvalue weighted by molar-refractivity contribution is 0.894. The van der Waals surface area contributed by atoms with Gasteiger partial charge in [-0.25, -0.2) is 9.36 Å². The molecule has 0 aliphatic heterocycles. The number of thiophene rings is 1. The second kappa shape index (κ2) is 6.15. The highest BCUT2D eigenvalue weighted by atomic mass is 32.1. The molecule has 0 saturated carbocycles. The quantitative estimate of drug-likeness (QED) is 0.451. The van der Waals surface area contributed by atoms with Gasteiger partial charge in [-0.1, -0.05) is 47.7 Å². The van der Waals surface area contributed by atoms with E-state index in [9.17, 15) is 0 Å². The minimum absolute atomic E-state index is 0.916. The number of hydrogen-bond acceptors (Lipinski definition) is 4. The molecule has 6 aromatic rings. The highest BCUT2D eigenvalue weighted by Crippen LogP contribution is 2.42. The van der Waals surface area contributed by atoms with Gasteiger partial charge in [-0.15, -0.1) is 0 Å². The van der Waals surface area contributed by atoms with Gasteiger partial charge in [0.25, 0.3) is 0 Å². The molecule has 0 aliphatic carbocycles. The molecule has 6 rings (SSSR count). The summed E-state index contributed by atoms with van der Waals surface area (Å²) in [5.41, 5.74) is 4.97. The molecule has 0 spiro atoms. The number of para-hydroxylation sites is 2. The summed E-state index contributed by atoms with van der Waals surface area (Å²) in [7, 11) is 0. The Balaban J connectivity index is 1.74. The van der Waals surface area contributed by atoms with Crippen LogP contribution < -0.4 is 0 Å². The van der Waals surface area contributed by atoms with Crippen LogP contribution in [0, 0.1) is 6.92 Å². The van der Waals surface area contributed by atoms with Crippen LogP contribution in [0.3, 0.4) is 0 Å². The molecule has 2 aromatic carbocycles. The lowest BCUT2D eigenvalue weighted by Crippen LogP contribution is -1.96. The SMILES string of the molecule is Cc1nn(-c2ccccc2)c2sc3c(c(-c4cn[nH]c4)nn3-c3ccccc3)c12. The molecule has 7 heteroatoms. The minimum Gasteiger partial charge on any atom is -0.285 e. The molecule has 0 bridgehead atoms. The third-order valence-electron chi connectivity index (χ3n) is 5.08. The zero-order chi connectivity index (χ0) is 19.4. The van der Waals surface area contributed by atoms with Gasteiger partial charge in [-0.3, -0.25) is 5.10 Å². The smallest absolute Gasteiger partial charge is 0.130 e. The maximum atomic E-state index is 4.97. The molecular formula is C22H16N6S. The van der Waals surface area contributed by atoms with Gasteiger partial charge in [-0.2, -0.15) is 15.3 Å². The van der Waals surface area contributed by atoms with Crippen LogP contribution in [0.4, 0.5) is 0 Å². The van der Waals surface area contributed by atoms with Crippen LogP contribution in [0.25, 0.3) is 43.1 Å². The maximum Gasteiger partial charge on any atom is 0.130 e. The first-order valence-electron chi connectivity index (χ1n) is 9.32. The van der Waals surface area contributed by atoms with E-state index in [-0.39, 0.29) is 0 Å². The summed E-state index contributed by atoms with van der Waals surface area (Å²) in [5, 5.41) is 19.1. The third kappa shape index (κ3) is 2.37. The summed E-state index contributed by atoms with van der Waals surface area (Å²) in [5.74, 6) is 0. The molecule has 0 unspecified atom stereocenters. The van der Waals surface area contributed by atoms with E-state index in [2.05, 4.69) is 41.4 Å². The molecule has 0 radical (unpaired) electrons. The molecular weight excluding hydrogens is 380 g/mol. The molecule has 0 atom stereocenters. The zero-order valence-electron chi connectivity index (χ0n) is 15.6. The van der Waals surface area contributed by atoms with Crippen molar-refractivity contribution < 1.29 is 0 Å². The Morgan fingerprint density at radius 1 is 0.793 bits per heavy atom. The number of nitrogens with zero attached hydrogens (tertiary/aromatic N) is 5. The lowest BCUT2D eigenvalue weighted by atomic mass is 10.1. The summed E-state index contributed by atoms with van der Waals surface area (Å²) < 4.78 is 4.06. The predicted molar refractivity (Wildman–Crippen MR) is 116 cm³/mol. The first-order chi connectivity index (χ1) is 14.3. The number of nitrogens with one attached hydrogen (secondary N) is 1. The van der Waals surface area contributed by atoms with E-state index in [0.717, 1.165) is 48.8 Å². The van der Waals surface area contributed by atoms with Crippen LogP contribution >= 0.6 is 11.3 Å². The molecule has 0 amide bonds. The van der Waals surface area contributed by atoms with Gasteiger partial charge in [0, 0.05) is 17.1 Å². The van der Waals surface area contributed by atoms with Crippen molar-refractivity contribution in [2.75, 3.05) is 0 Å². The number of fused-ring (bicyclic) bond motifs is 3. The maximum absolute atomic E-state index is 4.97. The van der Waals surface area contributed by atoms with E-state index in [1.54, 1.807) is 11.3 Å². The number of aromatic nitrogens is 6. The van der Waals surface area contributed by atoms with Gasteiger partial charge in [-0.05, 0) is 31.2 Å². The van der Waals surface area contributed by atoms with Crippen LogP contribution in [0.15, 0.2) is 73.1 Å². The number of hydrogen-bond donors (Lipinski definition) is 1. The summed E-state index contributed by atoms with van der Waals surface area (Å²) in [6.07, 6.45) is 3.70. The largest absolute Gasteiger partial charge is 0.285 e. The first kappa shape index (κ1) is 16.3. The second-order valence-electron chi connectivity index (χ2n) is 6.88. The van der Waals surface area contributed by atoms with Crippen molar-refractivity contribution in [1.82, 2.24) is 29.8 Å². The molecule has 0 aliphatic rings. The van der Waals surface area contributed by atoms with Crippen molar-refractivity contribution in [3.63, 3.8) is 0 Å². The van der Waals surface area contributed by atoms with Gasteiger partial charge >= 0.3 is 0 Å². The Labute approximate surface area is 170 Å². The number of aromatic amines is 1. The first-order valence-corrected chi connectivity index (χ1v) is 10.1. The van der Waals surface area contributed by atoms with Crippen molar-refractivity contribution in [3.05, 3.63) is 78.8 Å². The zero-order valence-corrected chi connectivity index (χ0v) is 16.4. The Morgan fingerprint density at radius 2 is 1.41 bits per heavy atom. The van der Waals surface area contributed by atoms with E-state index in [0.29, 0.717) is 0 Å². The van der Waals surface area contributed by atoms with Crippen molar-refractivity contribution in [3.8, 4) is 22.6 Å². The summed E-state index contributed by atoms with van der Waals surface area (Å²) in [6, 6.07) is 20.5. The predicted octanol–water partition coefficient (Wildman–Crippen LogP) is 5.12. The van der Waals surface area contributed by atoms with Gasteiger partial charge in [0.1, 0.15) is 15.4 Å². The Bertz CT molecular complexity index is 1440. The molecule has 1 N–H and O–H groups in total. The standard InChI is InChI=1S/C22H16N6S/c1-14-18-19-20(15-12-23-24-13-15)26-28(17-10-6-3-7-11-17)22(19)29-21(18)27(25-14)16-8-4-2-5-9-16/h2-13H,1H3,(H,23,24). The third-order valence-corrected chi connectivity index (χ3v) is 6.22. The normalized spacial score (nSPS) is 11.6. The highest BCUT2D eigenvalue weighted by molar-refractivity contribution is 7.25. The number of rotatable bonds is 3. The average molecular weight is 396 g/mol. The van der Waals surface area contributed by atoms with Crippen LogP contribution in [0.2, 0.25) is 0 Å². The summed E-state index contributed by atoms with van der Waals surface area (Å²) in [6.45, 7) is 2.06. The number of H-pyrrole nitrogens is 1. The van der Waals surface area contributed by atoms with Gasteiger partial charge < -0.3 is 0 Å². The van der Waals surface area contributed by atoms with E-state index in [1.807, 2.05) is 58.2 Å². The highest BCUT2D eigenvalue weighted by Gasteiger charge is 2.24. The van der Waals surface area contributed by atoms with Gasteiger partial charge in [0.15, 0.2) is 0 Å². The van der Waals surface area contributed by atoms with E-state index >= 15 is 0 Å². The summed E-state index contributed by atoms with van der Waals surface area (Å²) in [4.78, 5) is 2.23. The van der Waals surface area contributed by atoms with E-state index < -0.39 is 0 Å². The molecule has 29 heavy (non-hydrogen) atoms. The van der Waals surface area contributed by atoms with Crippen LogP contribution in [0.5, 0.6) is 0 Å². The monoisotopic (exact) mass is 396 g/mol. The molecule has 4 heterocycles. The molecule has 4 aromatic heterocycles. The lowest BCUT2D eigenvalue weighted by Gasteiger charge is -2.02. The topological polar surface area (TPSA) is 64.3 Å². The molecule has 140 valence electrons. The fourth-order valence-electron chi connectivity index (χ4n) is 3.77. The van der Waals surface area contributed by atoms with Gasteiger partial charge in [0.2, 0.25) is 0 Å². The average Bonchev–Trinajstić information content (AvgIpc) is 3.52. The fourth-order valence-corrected chi connectivity index (χ4v) is 5.07. The Morgan fingerprint density at radius 3 is 2.03 bits per heavy atom.